The number of piperidine rings is 1. The van der Waals surface area contributed by atoms with Gasteiger partial charge in [0.15, 0.2) is 0 Å². The topological polar surface area (TPSA) is 40.5 Å². The van der Waals surface area contributed by atoms with Gasteiger partial charge in [0.1, 0.15) is 6.04 Å². The van der Waals surface area contributed by atoms with E-state index < -0.39 is 5.97 Å². The van der Waals surface area contributed by atoms with Crippen molar-refractivity contribution in [2.24, 2.45) is 0 Å². The van der Waals surface area contributed by atoms with Crippen molar-refractivity contribution in [1.29, 1.82) is 0 Å². The van der Waals surface area contributed by atoms with Gasteiger partial charge in [-0.2, -0.15) is 0 Å². The number of carbonyl (C=O) groups is 1. The number of carboxylic acids is 1. The van der Waals surface area contributed by atoms with Crippen LogP contribution in [0.3, 0.4) is 0 Å². The quantitative estimate of drug-likeness (QED) is 0.922. The first kappa shape index (κ1) is 14.5. The third-order valence-corrected chi connectivity index (χ3v) is 5.15. The van der Waals surface area contributed by atoms with Gasteiger partial charge >= 0.3 is 5.97 Å². The maximum absolute atomic E-state index is 11.3. The third kappa shape index (κ3) is 3.57. The molecule has 1 saturated heterocycles. The standard InChI is InChI=1S/C15H23NO2S/c1-15(2,3)13-8-7-11(19-13)10-16-9-5-4-6-12(16)14(17)18/h7-8,12H,4-6,9-10H2,1-3H3,(H,17,18). The molecule has 1 aromatic rings. The number of hydrogen-bond donors (Lipinski definition) is 1. The number of hydrogen-bond acceptors (Lipinski definition) is 3. The van der Waals surface area contributed by atoms with Gasteiger partial charge in [0, 0.05) is 16.3 Å². The largest absolute Gasteiger partial charge is 0.480 e. The number of likely N-dealkylation sites (tertiary alicyclic amines) is 1. The van der Waals surface area contributed by atoms with Crippen LogP contribution < -0.4 is 0 Å². The van der Waals surface area contributed by atoms with Crippen LogP contribution in [-0.4, -0.2) is 28.6 Å². The van der Waals surface area contributed by atoms with Crippen LogP contribution in [0.4, 0.5) is 0 Å². The fraction of sp³-hybridized carbons (Fsp3) is 0.667. The van der Waals surface area contributed by atoms with E-state index in [9.17, 15) is 9.90 Å². The summed E-state index contributed by atoms with van der Waals surface area (Å²) in [4.78, 5) is 16.0. The summed E-state index contributed by atoms with van der Waals surface area (Å²) in [6.07, 6.45) is 2.93. The van der Waals surface area contributed by atoms with Gasteiger partial charge in [-0.05, 0) is 36.9 Å². The summed E-state index contributed by atoms with van der Waals surface area (Å²) in [5, 5.41) is 9.28. The Morgan fingerprint density at radius 3 is 2.74 bits per heavy atom. The molecule has 1 atom stereocenters. The van der Waals surface area contributed by atoms with E-state index in [-0.39, 0.29) is 11.5 Å². The van der Waals surface area contributed by atoms with Gasteiger partial charge in [-0.25, -0.2) is 0 Å². The highest BCUT2D eigenvalue weighted by Crippen LogP contribution is 2.31. The van der Waals surface area contributed by atoms with Crippen molar-refractivity contribution < 1.29 is 9.90 Å². The predicted molar refractivity (Wildman–Crippen MR) is 78.7 cm³/mol. The highest BCUT2D eigenvalue weighted by Gasteiger charge is 2.28. The maximum Gasteiger partial charge on any atom is 0.320 e. The molecule has 3 nitrogen and oxygen atoms in total. The first-order chi connectivity index (χ1) is 8.88. The molecule has 19 heavy (non-hydrogen) atoms. The van der Waals surface area contributed by atoms with Crippen molar-refractivity contribution in [3.8, 4) is 0 Å². The minimum Gasteiger partial charge on any atom is -0.480 e. The summed E-state index contributed by atoms with van der Waals surface area (Å²) < 4.78 is 0. The normalized spacial score (nSPS) is 21.5. The molecule has 1 aromatic heterocycles. The molecule has 106 valence electrons. The van der Waals surface area contributed by atoms with Gasteiger partial charge in [-0.3, -0.25) is 9.69 Å². The molecule has 1 aliphatic rings. The molecule has 0 spiro atoms. The van der Waals surface area contributed by atoms with E-state index in [1.165, 1.54) is 9.75 Å². The van der Waals surface area contributed by atoms with Crippen LogP contribution in [-0.2, 0) is 16.8 Å². The average molecular weight is 281 g/mol. The van der Waals surface area contributed by atoms with Gasteiger partial charge in [-0.15, -0.1) is 11.3 Å². The van der Waals surface area contributed by atoms with Crippen molar-refractivity contribution in [2.45, 2.75) is 58.0 Å². The lowest BCUT2D eigenvalue weighted by Crippen LogP contribution is -2.43. The van der Waals surface area contributed by atoms with Crippen LogP contribution in [0.5, 0.6) is 0 Å². The molecule has 0 aliphatic carbocycles. The molecular formula is C15H23NO2S. The Bertz CT molecular complexity index is 447. The molecule has 0 aromatic carbocycles. The minimum absolute atomic E-state index is 0.178. The van der Waals surface area contributed by atoms with Crippen molar-refractivity contribution in [1.82, 2.24) is 4.90 Å². The summed E-state index contributed by atoms with van der Waals surface area (Å²) >= 11 is 1.81. The van der Waals surface area contributed by atoms with Crippen molar-refractivity contribution in [3.63, 3.8) is 0 Å². The average Bonchev–Trinajstić information content (AvgIpc) is 2.77. The lowest BCUT2D eigenvalue weighted by atomic mass is 9.95. The third-order valence-electron chi connectivity index (χ3n) is 3.66. The van der Waals surface area contributed by atoms with Crippen molar-refractivity contribution in [2.75, 3.05) is 6.54 Å². The van der Waals surface area contributed by atoms with E-state index in [0.717, 1.165) is 32.4 Å². The first-order valence-corrected chi connectivity index (χ1v) is 7.75. The van der Waals surface area contributed by atoms with Crippen LogP contribution in [0.25, 0.3) is 0 Å². The van der Waals surface area contributed by atoms with E-state index >= 15 is 0 Å². The van der Waals surface area contributed by atoms with Crippen molar-refractivity contribution in [3.05, 3.63) is 21.9 Å². The van der Waals surface area contributed by atoms with Crippen LogP contribution in [0, 0.1) is 0 Å². The lowest BCUT2D eigenvalue weighted by Gasteiger charge is -2.32. The smallest absolute Gasteiger partial charge is 0.320 e. The molecule has 1 fully saturated rings. The molecule has 2 heterocycles. The Kier molecular flexibility index (Phi) is 4.31. The van der Waals surface area contributed by atoms with Crippen LogP contribution in [0.1, 0.15) is 49.8 Å². The number of thiophene rings is 1. The van der Waals surface area contributed by atoms with Gasteiger partial charge in [0.05, 0.1) is 0 Å². The van der Waals surface area contributed by atoms with Gasteiger partial charge in [0.25, 0.3) is 0 Å². The highest BCUT2D eigenvalue weighted by molar-refractivity contribution is 7.12. The second-order valence-electron chi connectivity index (χ2n) is 6.34. The molecule has 0 amide bonds. The first-order valence-electron chi connectivity index (χ1n) is 6.94. The fourth-order valence-corrected chi connectivity index (χ4v) is 3.62. The summed E-state index contributed by atoms with van der Waals surface area (Å²) in [5.41, 5.74) is 0.178. The Hall–Kier alpha value is -0.870. The molecule has 0 radical (unpaired) electrons. The number of aliphatic carboxylic acids is 1. The van der Waals surface area contributed by atoms with E-state index in [1.807, 2.05) is 11.3 Å². The summed E-state index contributed by atoms with van der Waals surface area (Å²) in [7, 11) is 0. The second kappa shape index (κ2) is 5.63. The molecule has 0 saturated carbocycles. The summed E-state index contributed by atoms with van der Waals surface area (Å²) in [5.74, 6) is -0.674. The monoisotopic (exact) mass is 281 g/mol. The molecule has 0 bridgehead atoms. The van der Waals surface area contributed by atoms with E-state index in [4.69, 9.17) is 0 Å². The van der Waals surface area contributed by atoms with Crippen LogP contribution >= 0.6 is 11.3 Å². The van der Waals surface area contributed by atoms with Crippen LogP contribution in [0.2, 0.25) is 0 Å². The number of rotatable bonds is 3. The Labute approximate surface area is 119 Å². The number of nitrogens with zero attached hydrogens (tertiary/aromatic N) is 1. The molecular weight excluding hydrogens is 258 g/mol. The fourth-order valence-electron chi connectivity index (χ4n) is 2.53. The predicted octanol–water partition coefficient (Wildman–Crippen LogP) is 3.48. The Morgan fingerprint density at radius 2 is 2.16 bits per heavy atom. The van der Waals surface area contributed by atoms with Gasteiger partial charge < -0.3 is 5.11 Å². The SMILES string of the molecule is CC(C)(C)c1ccc(CN2CCCCC2C(=O)O)s1. The van der Waals surface area contributed by atoms with E-state index in [2.05, 4.69) is 37.8 Å². The molecule has 1 unspecified atom stereocenters. The lowest BCUT2D eigenvalue weighted by molar-refractivity contribution is -0.144. The zero-order valence-electron chi connectivity index (χ0n) is 12.0. The van der Waals surface area contributed by atoms with Gasteiger partial charge in [-0.1, -0.05) is 27.2 Å². The molecule has 2 rings (SSSR count). The minimum atomic E-state index is -0.674. The molecule has 4 heteroatoms. The molecule has 1 N–H and O–H groups in total. The zero-order valence-corrected chi connectivity index (χ0v) is 12.8. The highest BCUT2D eigenvalue weighted by atomic mass is 32.1. The Morgan fingerprint density at radius 1 is 1.42 bits per heavy atom. The summed E-state index contributed by atoms with van der Waals surface area (Å²) in [6.45, 7) is 8.31. The van der Waals surface area contributed by atoms with E-state index in [1.54, 1.807) is 0 Å². The number of carboxylic acid groups (broad SMARTS) is 1. The molecule has 1 aliphatic heterocycles. The maximum atomic E-state index is 11.3. The van der Waals surface area contributed by atoms with Crippen LogP contribution in [0.15, 0.2) is 12.1 Å². The zero-order chi connectivity index (χ0) is 14.0. The van der Waals surface area contributed by atoms with E-state index in [0.29, 0.717) is 0 Å². The van der Waals surface area contributed by atoms with Crippen molar-refractivity contribution >= 4 is 17.3 Å². The van der Waals surface area contributed by atoms with Gasteiger partial charge in [0.2, 0.25) is 0 Å². The summed E-state index contributed by atoms with van der Waals surface area (Å²) in [6, 6.07) is 4.03. The Balaban J connectivity index is 2.07. The second-order valence-corrected chi connectivity index (χ2v) is 7.50.